The monoisotopic (exact) mass is 350 g/mol. The molecule has 16 heavy (non-hydrogen) atoms. The summed E-state index contributed by atoms with van der Waals surface area (Å²) in [6.45, 7) is 3.49. The van der Waals surface area contributed by atoms with Crippen LogP contribution in [-0.2, 0) is 14.3 Å². The zero-order valence-corrected chi connectivity index (χ0v) is 12.1. The Labute approximate surface area is 111 Å². The van der Waals surface area contributed by atoms with Crippen molar-refractivity contribution in [1.82, 2.24) is 0 Å². The SMILES string of the molecule is CC1(C)OC(=O)C2C=CC(C(Br)Br)=CC2O1. The first-order valence-electron chi connectivity index (χ1n) is 4.98. The van der Waals surface area contributed by atoms with Crippen LogP contribution in [0, 0.1) is 5.92 Å². The molecule has 0 aromatic heterocycles. The van der Waals surface area contributed by atoms with Crippen LogP contribution in [0.2, 0.25) is 0 Å². The molecule has 5 heteroatoms. The van der Waals surface area contributed by atoms with Gasteiger partial charge in [-0.05, 0) is 11.6 Å². The van der Waals surface area contributed by atoms with Gasteiger partial charge in [0.25, 0.3) is 0 Å². The van der Waals surface area contributed by atoms with E-state index in [4.69, 9.17) is 9.47 Å². The summed E-state index contributed by atoms with van der Waals surface area (Å²) in [5, 5.41) is 0. The molecule has 0 amide bonds. The van der Waals surface area contributed by atoms with Gasteiger partial charge in [-0.1, -0.05) is 44.0 Å². The van der Waals surface area contributed by atoms with E-state index in [0.29, 0.717) is 0 Å². The molecule has 88 valence electrons. The van der Waals surface area contributed by atoms with Crippen LogP contribution in [0.4, 0.5) is 0 Å². The summed E-state index contributed by atoms with van der Waals surface area (Å²) >= 11 is 6.84. The lowest BCUT2D eigenvalue weighted by Gasteiger charge is -2.39. The molecule has 0 saturated carbocycles. The Hall–Kier alpha value is -0.130. The van der Waals surface area contributed by atoms with Crippen molar-refractivity contribution in [2.75, 3.05) is 0 Å². The minimum atomic E-state index is -0.848. The molecule has 0 N–H and O–H groups in total. The number of carbonyl (C=O) groups excluding carboxylic acids is 1. The Bertz CT molecular complexity index is 371. The fourth-order valence-corrected chi connectivity index (χ4v) is 2.41. The van der Waals surface area contributed by atoms with Crippen molar-refractivity contribution >= 4 is 37.8 Å². The van der Waals surface area contributed by atoms with Crippen LogP contribution in [0.15, 0.2) is 23.8 Å². The van der Waals surface area contributed by atoms with Crippen molar-refractivity contribution in [2.45, 2.75) is 29.5 Å². The summed E-state index contributed by atoms with van der Waals surface area (Å²) in [5.41, 5.74) is 1.05. The standard InChI is InChI=1S/C11H12Br2O3/c1-11(2)15-8-5-6(9(12)13)3-4-7(8)10(14)16-11/h3-5,7-9H,1-2H3. The Balaban J connectivity index is 2.25. The van der Waals surface area contributed by atoms with Crippen molar-refractivity contribution in [3.8, 4) is 0 Å². The third-order valence-corrected chi connectivity index (χ3v) is 3.55. The number of ether oxygens (including phenoxy) is 2. The van der Waals surface area contributed by atoms with E-state index in [-0.39, 0.29) is 21.7 Å². The van der Waals surface area contributed by atoms with Crippen LogP contribution in [0.5, 0.6) is 0 Å². The number of halogens is 2. The molecule has 0 aromatic rings. The van der Waals surface area contributed by atoms with Gasteiger partial charge in [-0.3, -0.25) is 4.79 Å². The molecule has 1 saturated heterocycles. The Morgan fingerprint density at radius 1 is 1.44 bits per heavy atom. The van der Waals surface area contributed by atoms with Crippen LogP contribution in [0.3, 0.4) is 0 Å². The van der Waals surface area contributed by atoms with Gasteiger partial charge in [-0.15, -0.1) is 0 Å². The van der Waals surface area contributed by atoms with E-state index in [1.165, 1.54) is 0 Å². The number of hydrogen-bond acceptors (Lipinski definition) is 3. The van der Waals surface area contributed by atoms with Crippen molar-refractivity contribution in [2.24, 2.45) is 5.92 Å². The number of carbonyl (C=O) groups is 1. The lowest BCUT2D eigenvalue weighted by atomic mass is 9.93. The van der Waals surface area contributed by atoms with Crippen LogP contribution >= 0.6 is 31.9 Å². The molecule has 0 aromatic carbocycles. The fourth-order valence-electron chi connectivity index (χ4n) is 1.80. The molecule has 2 atom stereocenters. The third kappa shape index (κ3) is 2.41. The highest BCUT2D eigenvalue weighted by atomic mass is 79.9. The average molecular weight is 352 g/mol. The fraction of sp³-hybridized carbons (Fsp3) is 0.545. The van der Waals surface area contributed by atoms with E-state index >= 15 is 0 Å². The van der Waals surface area contributed by atoms with Crippen molar-refractivity contribution in [1.29, 1.82) is 0 Å². The predicted octanol–water partition coefficient (Wildman–Crippen LogP) is 2.89. The second kappa shape index (κ2) is 4.27. The third-order valence-electron chi connectivity index (χ3n) is 2.50. The molecule has 0 radical (unpaired) electrons. The number of hydrogen-bond donors (Lipinski definition) is 0. The molecule has 2 aliphatic rings. The van der Waals surface area contributed by atoms with Crippen molar-refractivity contribution in [3.05, 3.63) is 23.8 Å². The number of esters is 1. The van der Waals surface area contributed by atoms with Gasteiger partial charge in [0.15, 0.2) is 0 Å². The molecule has 0 bridgehead atoms. The summed E-state index contributed by atoms with van der Waals surface area (Å²) in [6.07, 6.45) is 5.43. The van der Waals surface area contributed by atoms with Gasteiger partial charge in [-0.25, -0.2) is 0 Å². The molecule has 0 spiro atoms. The van der Waals surface area contributed by atoms with Crippen LogP contribution in [-0.4, -0.2) is 21.6 Å². The highest BCUT2D eigenvalue weighted by molar-refractivity contribution is 9.24. The van der Waals surface area contributed by atoms with Gasteiger partial charge < -0.3 is 9.47 Å². The summed E-state index contributed by atoms with van der Waals surface area (Å²) < 4.78 is 11.0. The number of alkyl halides is 2. The minimum Gasteiger partial charge on any atom is -0.433 e. The maximum atomic E-state index is 11.7. The van der Waals surface area contributed by atoms with Crippen LogP contribution < -0.4 is 0 Å². The zero-order chi connectivity index (χ0) is 11.9. The van der Waals surface area contributed by atoms with E-state index in [1.807, 2.05) is 18.2 Å². The zero-order valence-electron chi connectivity index (χ0n) is 8.94. The first-order chi connectivity index (χ1) is 7.39. The van der Waals surface area contributed by atoms with Gasteiger partial charge in [0.05, 0.1) is 9.84 Å². The van der Waals surface area contributed by atoms with Gasteiger partial charge in [0, 0.05) is 13.8 Å². The Morgan fingerprint density at radius 2 is 2.12 bits per heavy atom. The lowest BCUT2D eigenvalue weighted by molar-refractivity contribution is -0.259. The molecular formula is C11H12Br2O3. The predicted molar refractivity (Wildman–Crippen MR) is 67.4 cm³/mol. The number of allylic oxidation sites excluding steroid dienone is 2. The van der Waals surface area contributed by atoms with Gasteiger partial charge >= 0.3 is 5.97 Å². The smallest absolute Gasteiger partial charge is 0.318 e. The number of rotatable bonds is 1. The van der Waals surface area contributed by atoms with E-state index in [9.17, 15) is 4.79 Å². The summed E-state index contributed by atoms with van der Waals surface area (Å²) in [6, 6.07) is 0. The second-order valence-corrected chi connectivity index (χ2v) is 7.32. The molecule has 1 aliphatic carbocycles. The summed E-state index contributed by atoms with van der Waals surface area (Å²) in [5.74, 6) is -1.40. The maximum Gasteiger partial charge on any atom is 0.318 e. The highest BCUT2D eigenvalue weighted by Crippen LogP contribution is 2.34. The molecule has 1 fully saturated rings. The van der Waals surface area contributed by atoms with E-state index < -0.39 is 5.79 Å². The van der Waals surface area contributed by atoms with Crippen molar-refractivity contribution in [3.63, 3.8) is 0 Å². The van der Waals surface area contributed by atoms with E-state index in [1.54, 1.807) is 13.8 Å². The minimum absolute atomic E-state index is 0.0712. The molecule has 2 rings (SSSR count). The molecule has 1 aliphatic heterocycles. The van der Waals surface area contributed by atoms with Crippen LogP contribution in [0.25, 0.3) is 0 Å². The van der Waals surface area contributed by atoms with E-state index in [0.717, 1.165) is 5.57 Å². The molecule has 3 nitrogen and oxygen atoms in total. The topological polar surface area (TPSA) is 35.5 Å². The highest BCUT2D eigenvalue weighted by Gasteiger charge is 2.42. The lowest BCUT2D eigenvalue weighted by Crippen LogP contribution is -2.48. The van der Waals surface area contributed by atoms with Gasteiger partial charge in [0.1, 0.15) is 5.92 Å². The Kier molecular flexibility index (Phi) is 3.29. The van der Waals surface area contributed by atoms with Gasteiger partial charge in [-0.2, -0.15) is 0 Å². The average Bonchev–Trinajstić information content (AvgIpc) is 2.14. The first-order valence-corrected chi connectivity index (χ1v) is 6.81. The number of fused-ring (bicyclic) bond motifs is 1. The first kappa shape index (κ1) is 12.3. The molecule has 1 heterocycles. The summed E-state index contributed by atoms with van der Waals surface area (Å²) in [4.78, 5) is 11.7. The largest absolute Gasteiger partial charge is 0.433 e. The maximum absolute atomic E-state index is 11.7. The molecule has 2 unspecified atom stereocenters. The second-order valence-electron chi connectivity index (χ2n) is 4.26. The molecular weight excluding hydrogens is 340 g/mol. The van der Waals surface area contributed by atoms with Crippen LogP contribution in [0.1, 0.15) is 13.8 Å². The van der Waals surface area contributed by atoms with Gasteiger partial charge in [0.2, 0.25) is 5.79 Å². The normalized spacial score (nSPS) is 32.1. The Morgan fingerprint density at radius 3 is 2.75 bits per heavy atom. The number of cyclic esters (lactones) is 1. The van der Waals surface area contributed by atoms with Crippen molar-refractivity contribution < 1.29 is 14.3 Å². The summed E-state index contributed by atoms with van der Waals surface area (Å²) in [7, 11) is 0. The van der Waals surface area contributed by atoms with E-state index in [2.05, 4.69) is 31.9 Å². The quantitative estimate of drug-likeness (QED) is 0.538.